The Labute approximate surface area is 112 Å². The molecule has 3 N–H and O–H groups in total. The van der Waals surface area contributed by atoms with Crippen molar-refractivity contribution in [2.24, 2.45) is 5.41 Å². The zero-order valence-electron chi connectivity index (χ0n) is 11.0. The van der Waals surface area contributed by atoms with Gasteiger partial charge in [0.15, 0.2) is 11.5 Å². The molecule has 0 aromatic heterocycles. The molecule has 0 unspecified atom stereocenters. The summed E-state index contributed by atoms with van der Waals surface area (Å²) in [5.41, 5.74) is 0.518. The number of para-hydroxylation sites is 1. The van der Waals surface area contributed by atoms with E-state index in [0.717, 1.165) is 12.8 Å². The van der Waals surface area contributed by atoms with E-state index in [1.807, 2.05) is 0 Å². The minimum absolute atomic E-state index is 0.0136. The molecule has 104 valence electrons. The topological polar surface area (TPSA) is 78.8 Å². The summed E-state index contributed by atoms with van der Waals surface area (Å²) in [5.74, 6) is -0.414. The monoisotopic (exact) mass is 265 g/mol. The lowest BCUT2D eigenvalue weighted by molar-refractivity contribution is -0.123. The Morgan fingerprint density at radius 2 is 2.16 bits per heavy atom. The maximum atomic E-state index is 11.8. The fourth-order valence-corrected chi connectivity index (χ4v) is 2.17. The fourth-order valence-electron chi connectivity index (χ4n) is 2.17. The third-order valence-corrected chi connectivity index (χ3v) is 3.52. The molecule has 0 atom stereocenters. The van der Waals surface area contributed by atoms with E-state index in [9.17, 15) is 15.0 Å². The molecule has 0 radical (unpaired) electrons. The summed E-state index contributed by atoms with van der Waals surface area (Å²) in [4.78, 5) is 11.8. The minimum Gasteiger partial charge on any atom is -0.504 e. The van der Waals surface area contributed by atoms with Crippen molar-refractivity contribution in [3.63, 3.8) is 0 Å². The molecule has 1 aliphatic rings. The molecule has 0 bridgehead atoms. The molecule has 2 rings (SSSR count). The summed E-state index contributed by atoms with van der Waals surface area (Å²) in [7, 11) is 1.64. The van der Waals surface area contributed by atoms with E-state index in [-0.39, 0.29) is 29.4 Å². The number of methoxy groups -OCH3 is 1. The molecule has 0 saturated heterocycles. The minimum atomic E-state index is -0.180. The van der Waals surface area contributed by atoms with Gasteiger partial charge in [0.05, 0.1) is 6.61 Å². The van der Waals surface area contributed by atoms with Gasteiger partial charge in [-0.2, -0.15) is 0 Å². The molecule has 19 heavy (non-hydrogen) atoms. The maximum Gasteiger partial charge on any atom is 0.220 e. The number of ether oxygens (including phenoxy) is 1. The standard InChI is InChI=1S/C14H19NO4/c1-19-9-14(5-6-14)7-12(17)15-8-10-3-2-4-11(16)13(10)18/h2-4,16,18H,5-9H2,1H3,(H,15,17). The number of carbonyl (C=O) groups excluding carboxylic acids is 1. The first-order valence-electron chi connectivity index (χ1n) is 6.32. The van der Waals surface area contributed by atoms with Crippen LogP contribution < -0.4 is 5.32 Å². The second-order valence-corrected chi connectivity index (χ2v) is 5.17. The van der Waals surface area contributed by atoms with Crippen molar-refractivity contribution in [3.05, 3.63) is 23.8 Å². The molecule has 0 heterocycles. The average molecular weight is 265 g/mol. The highest BCUT2D eigenvalue weighted by atomic mass is 16.5. The highest BCUT2D eigenvalue weighted by Gasteiger charge is 2.44. The number of hydrogen-bond donors (Lipinski definition) is 3. The van der Waals surface area contributed by atoms with Crippen LogP contribution in [-0.4, -0.2) is 29.8 Å². The Kier molecular flexibility index (Phi) is 3.95. The first-order chi connectivity index (χ1) is 9.06. The van der Waals surface area contributed by atoms with Crippen LogP contribution in [-0.2, 0) is 16.1 Å². The Balaban J connectivity index is 1.85. The number of phenolic OH excluding ortho intramolecular Hbond substituents is 2. The molecule has 1 aliphatic carbocycles. The SMILES string of the molecule is COCC1(CC(=O)NCc2cccc(O)c2O)CC1. The number of aromatic hydroxyl groups is 2. The van der Waals surface area contributed by atoms with Gasteiger partial charge in [-0.1, -0.05) is 12.1 Å². The highest BCUT2D eigenvalue weighted by molar-refractivity contribution is 5.77. The van der Waals surface area contributed by atoms with Gasteiger partial charge in [-0.25, -0.2) is 0 Å². The van der Waals surface area contributed by atoms with Gasteiger partial charge in [-0.15, -0.1) is 0 Å². The summed E-state index contributed by atoms with van der Waals surface area (Å²) in [6.45, 7) is 0.819. The molecule has 1 fully saturated rings. The van der Waals surface area contributed by atoms with Gasteiger partial charge in [0.1, 0.15) is 0 Å². The Hall–Kier alpha value is -1.75. The summed E-state index contributed by atoms with van der Waals surface area (Å²) in [6.07, 6.45) is 2.48. The number of hydrogen-bond acceptors (Lipinski definition) is 4. The number of rotatable bonds is 6. The quantitative estimate of drug-likeness (QED) is 0.682. The molecule has 1 saturated carbocycles. The van der Waals surface area contributed by atoms with Crippen molar-refractivity contribution in [3.8, 4) is 11.5 Å². The van der Waals surface area contributed by atoms with Crippen LogP contribution in [0, 0.1) is 5.41 Å². The molecular weight excluding hydrogens is 246 g/mol. The molecule has 0 aliphatic heterocycles. The van der Waals surface area contributed by atoms with E-state index in [2.05, 4.69) is 5.32 Å². The lowest BCUT2D eigenvalue weighted by atomic mass is 10.0. The van der Waals surface area contributed by atoms with Gasteiger partial charge in [0, 0.05) is 31.1 Å². The van der Waals surface area contributed by atoms with Crippen molar-refractivity contribution < 1.29 is 19.7 Å². The average Bonchev–Trinajstić information content (AvgIpc) is 3.11. The molecule has 5 heteroatoms. The lowest BCUT2D eigenvalue weighted by Crippen LogP contribution is -2.27. The Morgan fingerprint density at radius 3 is 2.79 bits per heavy atom. The smallest absolute Gasteiger partial charge is 0.220 e. The summed E-state index contributed by atoms with van der Waals surface area (Å²) in [5, 5.41) is 21.7. The van der Waals surface area contributed by atoms with Gasteiger partial charge in [0.25, 0.3) is 0 Å². The Bertz CT molecular complexity index is 469. The molecular formula is C14H19NO4. The Morgan fingerprint density at radius 1 is 1.42 bits per heavy atom. The van der Waals surface area contributed by atoms with Crippen LogP contribution in [0.2, 0.25) is 0 Å². The van der Waals surface area contributed by atoms with Crippen LogP contribution in [0.25, 0.3) is 0 Å². The normalized spacial score (nSPS) is 16.1. The van der Waals surface area contributed by atoms with Crippen molar-refractivity contribution in [1.82, 2.24) is 5.32 Å². The number of nitrogens with one attached hydrogen (secondary N) is 1. The van der Waals surface area contributed by atoms with E-state index in [4.69, 9.17) is 4.74 Å². The zero-order chi connectivity index (χ0) is 13.9. The van der Waals surface area contributed by atoms with E-state index in [1.54, 1.807) is 19.2 Å². The number of benzene rings is 1. The third kappa shape index (κ3) is 3.38. The van der Waals surface area contributed by atoms with Gasteiger partial charge >= 0.3 is 0 Å². The molecule has 1 aromatic carbocycles. The van der Waals surface area contributed by atoms with Crippen LogP contribution in [0.15, 0.2) is 18.2 Å². The van der Waals surface area contributed by atoms with E-state index < -0.39 is 0 Å². The van der Waals surface area contributed by atoms with Crippen LogP contribution in [0.3, 0.4) is 0 Å². The first kappa shape index (κ1) is 13.7. The zero-order valence-corrected chi connectivity index (χ0v) is 11.0. The van der Waals surface area contributed by atoms with Gasteiger partial charge in [-0.05, 0) is 18.9 Å². The van der Waals surface area contributed by atoms with Crippen LogP contribution >= 0.6 is 0 Å². The molecule has 1 aromatic rings. The largest absolute Gasteiger partial charge is 0.504 e. The van der Waals surface area contributed by atoms with E-state index in [0.29, 0.717) is 18.6 Å². The summed E-state index contributed by atoms with van der Waals surface area (Å²) < 4.78 is 5.11. The van der Waals surface area contributed by atoms with Crippen molar-refractivity contribution >= 4 is 5.91 Å². The van der Waals surface area contributed by atoms with E-state index in [1.165, 1.54) is 6.07 Å². The molecule has 5 nitrogen and oxygen atoms in total. The van der Waals surface area contributed by atoms with Gasteiger partial charge < -0.3 is 20.3 Å². The third-order valence-electron chi connectivity index (χ3n) is 3.52. The van der Waals surface area contributed by atoms with E-state index >= 15 is 0 Å². The van der Waals surface area contributed by atoms with Crippen molar-refractivity contribution in [2.75, 3.05) is 13.7 Å². The predicted octanol–water partition coefficient (Wildman–Crippen LogP) is 1.53. The van der Waals surface area contributed by atoms with Crippen LogP contribution in [0.5, 0.6) is 11.5 Å². The fraction of sp³-hybridized carbons (Fsp3) is 0.500. The maximum absolute atomic E-state index is 11.8. The number of amides is 1. The second kappa shape index (κ2) is 5.48. The predicted molar refractivity (Wildman–Crippen MR) is 69.8 cm³/mol. The molecule has 0 spiro atoms. The van der Waals surface area contributed by atoms with Crippen LogP contribution in [0.4, 0.5) is 0 Å². The molecule has 1 amide bonds. The highest BCUT2D eigenvalue weighted by Crippen LogP contribution is 2.48. The van der Waals surface area contributed by atoms with Crippen LogP contribution in [0.1, 0.15) is 24.8 Å². The van der Waals surface area contributed by atoms with Gasteiger partial charge in [0.2, 0.25) is 5.91 Å². The number of phenols is 2. The first-order valence-corrected chi connectivity index (χ1v) is 6.32. The number of carbonyl (C=O) groups is 1. The van der Waals surface area contributed by atoms with Crippen molar-refractivity contribution in [2.45, 2.75) is 25.8 Å². The lowest BCUT2D eigenvalue weighted by Gasteiger charge is -2.14. The van der Waals surface area contributed by atoms with Gasteiger partial charge in [-0.3, -0.25) is 4.79 Å². The van der Waals surface area contributed by atoms with Crippen molar-refractivity contribution in [1.29, 1.82) is 0 Å². The second-order valence-electron chi connectivity index (χ2n) is 5.17. The summed E-state index contributed by atoms with van der Waals surface area (Å²) >= 11 is 0. The summed E-state index contributed by atoms with van der Waals surface area (Å²) in [6, 6.07) is 4.69.